The zero-order valence-corrected chi connectivity index (χ0v) is 8.83. The van der Waals surface area contributed by atoms with Gasteiger partial charge in [-0.2, -0.15) is 5.10 Å². The highest BCUT2D eigenvalue weighted by Gasteiger charge is 2.06. The van der Waals surface area contributed by atoms with Crippen LogP contribution in [0.2, 0.25) is 5.15 Å². The van der Waals surface area contributed by atoms with Crippen LogP contribution in [0.25, 0.3) is 16.9 Å². The van der Waals surface area contributed by atoms with Gasteiger partial charge in [-0.3, -0.25) is 4.98 Å². The molecule has 0 saturated carbocycles. The Kier molecular flexibility index (Phi) is 2.04. The van der Waals surface area contributed by atoms with Gasteiger partial charge in [0.15, 0.2) is 11.0 Å². The Morgan fingerprint density at radius 2 is 2.06 bits per heavy atom. The quantitative estimate of drug-likeness (QED) is 0.642. The first-order valence-corrected chi connectivity index (χ1v) is 5.01. The van der Waals surface area contributed by atoms with Gasteiger partial charge in [0, 0.05) is 6.20 Å². The Hall–Kier alpha value is -2.01. The molecule has 3 heterocycles. The summed E-state index contributed by atoms with van der Waals surface area (Å²) in [5, 5.41) is 12.3. The molecule has 0 aliphatic carbocycles. The molecular weight excluding hydrogens is 226 g/mol. The van der Waals surface area contributed by atoms with Gasteiger partial charge in [0.25, 0.3) is 0 Å². The highest BCUT2D eigenvalue weighted by Crippen LogP contribution is 2.14. The lowest BCUT2D eigenvalue weighted by Gasteiger charge is -2.00. The van der Waals surface area contributed by atoms with E-state index in [0.29, 0.717) is 11.0 Å². The van der Waals surface area contributed by atoms with E-state index in [1.165, 1.54) is 0 Å². The highest BCUT2D eigenvalue weighted by atomic mass is 35.5. The van der Waals surface area contributed by atoms with E-state index in [1.54, 1.807) is 29.2 Å². The second-order valence-corrected chi connectivity index (χ2v) is 3.57. The Bertz CT molecular complexity index is 631. The molecule has 0 radical (unpaired) electrons. The molecule has 3 aromatic rings. The van der Waals surface area contributed by atoms with Crippen molar-refractivity contribution in [3.63, 3.8) is 0 Å². The van der Waals surface area contributed by atoms with Crippen molar-refractivity contribution < 1.29 is 0 Å². The number of aromatic nitrogens is 5. The molecule has 0 aliphatic heterocycles. The minimum absolute atomic E-state index is 0.360. The van der Waals surface area contributed by atoms with E-state index in [4.69, 9.17) is 11.6 Å². The summed E-state index contributed by atoms with van der Waals surface area (Å²) in [4.78, 5) is 4.19. The fraction of sp³-hybridized carbons (Fsp3) is 0. The topological polar surface area (TPSA) is 56.5 Å². The number of nitrogens with zero attached hydrogens (tertiary/aromatic N) is 5. The lowest BCUT2D eigenvalue weighted by atomic mass is 10.4. The van der Waals surface area contributed by atoms with Crippen molar-refractivity contribution in [1.29, 1.82) is 0 Å². The van der Waals surface area contributed by atoms with Gasteiger partial charge in [0.2, 0.25) is 0 Å². The van der Waals surface area contributed by atoms with E-state index in [1.807, 2.05) is 12.1 Å². The van der Waals surface area contributed by atoms with Gasteiger partial charge in [0.1, 0.15) is 5.52 Å². The van der Waals surface area contributed by atoms with Crippen LogP contribution in [0.4, 0.5) is 0 Å². The predicted molar refractivity (Wildman–Crippen MR) is 59.5 cm³/mol. The van der Waals surface area contributed by atoms with Crippen LogP contribution < -0.4 is 0 Å². The van der Waals surface area contributed by atoms with Gasteiger partial charge < -0.3 is 0 Å². The maximum absolute atomic E-state index is 5.68. The van der Waals surface area contributed by atoms with Gasteiger partial charge >= 0.3 is 0 Å². The Balaban J connectivity index is 2.22. The molecular formula is C10H6ClN5. The van der Waals surface area contributed by atoms with E-state index < -0.39 is 0 Å². The maximum atomic E-state index is 5.68. The molecule has 0 aliphatic rings. The van der Waals surface area contributed by atoms with E-state index in [9.17, 15) is 0 Å². The SMILES string of the molecule is Clc1ccc(-n2ncc3ncccc32)nn1. The van der Waals surface area contributed by atoms with Crippen molar-refractivity contribution in [3.8, 4) is 5.82 Å². The Labute approximate surface area is 95.7 Å². The van der Waals surface area contributed by atoms with Gasteiger partial charge in [0.05, 0.1) is 11.7 Å². The molecule has 3 rings (SSSR count). The van der Waals surface area contributed by atoms with Crippen LogP contribution in [0.3, 0.4) is 0 Å². The molecule has 3 aromatic heterocycles. The van der Waals surface area contributed by atoms with Gasteiger partial charge in [-0.25, -0.2) is 4.68 Å². The molecule has 6 heteroatoms. The third-order valence-electron chi connectivity index (χ3n) is 2.17. The maximum Gasteiger partial charge on any atom is 0.176 e. The average molecular weight is 232 g/mol. The molecule has 0 atom stereocenters. The van der Waals surface area contributed by atoms with Gasteiger partial charge in [-0.15, -0.1) is 10.2 Å². The fourth-order valence-corrected chi connectivity index (χ4v) is 1.57. The summed E-state index contributed by atoms with van der Waals surface area (Å²) in [6.45, 7) is 0. The number of hydrogen-bond donors (Lipinski definition) is 0. The first kappa shape index (κ1) is 9.23. The van der Waals surface area contributed by atoms with Crippen molar-refractivity contribution in [2.24, 2.45) is 0 Å². The minimum Gasteiger partial charge on any atom is -0.253 e. The van der Waals surface area contributed by atoms with Crippen LogP contribution in [0.1, 0.15) is 0 Å². The monoisotopic (exact) mass is 231 g/mol. The number of rotatable bonds is 1. The lowest BCUT2D eigenvalue weighted by molar-refractivity contribution is 0.837. The van der Waals surface area contributed by atoms with Crippen LogP contribution in [-0.2, 0) is 0 Å². The lowest BCUT2D eigenvalue weighted by Crippen LogP contribution is -2.00. The second kappa shape index (κ2) is 3.53. The van der Waals surface area contributed by atoms with Crippen molar-refractivity contribution in [3.05, 3.63) is 41.8 Å². The zero-order chi connectivity index (χ0) is 11.0. The standard InChI is InChI=1S/C10H6ClN5/c11-9-3-4-10(15-14-9)16-8-2-1-5-12-7(8)6-13-16/h1-6H. The average Bonchev–Trinajstić information content (AvgIpc) is 2.74. The summed E-state index contributed by atoms with van der Waals surface area (Å²) in [5.41, 5.74) is 1.71. The number of hydrogen-bond acceptors (Lipinski definition) is 4. The van der Waals surface area contributed by atoms with E-state index in [2.05, 4.69) is 20.3 Å². The number of fused-ring (bicyclic) bond motifs is 1. The summed E-state index contributed by atoms with van der Waals surface area (Å²) in [7, 11) is 0. The first-order valence-electron chi connectivity index (χ1n) is 4.63. The predicted octanol–water partition coefficient (Wildman–Crippen LogP) is 1.86. The van der Waals surface area contributed by atoms with Crippen LogP contribution in [0.15, 0.2) is 36.7 Å². The molecule has 0 fully saturated rings. The zero-order valence-electron chi connectivity index (χ0n) is 8.08. The van der Waals surface area contributed by atoms with Gasteiger partial charge in [-0.1, -0.05) is 11.6 Å². The molecule has 0 aromatic carbocycles. The Morgan fingerprint density at radius 3 is 2.88 bits per heavy atom. The van der Waals surface area contributed by atoms with Gasteiger partial charge in [-0.05, 0) is 24.3 Å². The number of halogens is 1. The van der Waals surface area contributed by atoms with E-state index in [-0.39, 0.29) is 0 Å². The summed E-state index contributed by atoms with van der Waals surface area (Å²) < 4.78 is 1.67. The third-order valence-corrected chi connectivity index (χ3v) is 2.38. The first-order chi connectivity index (χ1) is 7.84. The second-order valence-electron chi connectivity index (χ2n) is 3.18. The van der Waals surface area contributed by atoms with Crippen LogP contribution >= 0.6 is 11.6 Å². The molecule has 0 saturated heterocycles. The summed E-state index contributed by atoms with van der Waals surface area (Å²) in [6.07, 6.45) is 3.41. The van der Waals surface area contributed by atoms with Crippen LogP contribution in [0, 0.1) is 0 Å². The highest BCUT2D eigenvalue weighted by molar-refractivity contribution is 6.29. The fourth-order valence-electron chi connectivity index (χ4n) is 1.47. The molecule has 78 valence electrons. The normalized spacial score (nSPS) is 10.8. The molecule has 0 spiro atoms. The summed E-state index contributed by atoms with van der Waals surface area (Å²) in [5.74, 6) is 0.618. The van der Waals surface area contributed by atoms with Crippen molar-refractivity contribution >= 4 is 22.6 Å². The van der Waals surface area contributed by atoms with E-state index >= 15 is 0 Å². The van der Waals surface area contributed by atoms with Crippen LogP contribution in [-0.4, -0.2) is 25.0 Å². The van der Waals surface area contributed by atoms with Crippen molar-refractivity contribution in [2.45, 2.75) is 0 Å². The minimum atomic E-state index is 0.360. The van der Waals surface area contributed by atoms with E-state index in [0.717, 1.165) is 11.0 Å². The summed E-state index contributed by atoms with van der Waals surface area (Å²) in [6, 6.07) is 7.21. The molecule has 0 amide bonds. The molecule has 0 N–H and O–H groups in total. The molecule has 0 unspecified atom stereocenters. The molecule has 16 heavy (non-hydrogen) atoms. The van der Waals surface area contributed by atoms with Crippen molar-refractivity contribution in [2.75, 3.05) is 0 Å². The van der Waals surface area contributed by atoms with Crippen LogP contribution in [0.5, 0.6) is 0 Å². The Morgan fingerprint density at radius 1 is 1.12 bits per heavy atom. The third kappa shape index (κ3) is 1.42. The molecule has 5 nitrogen and oxygen atoms in total. The number of pyridine rings is 1. The largest absolute Gasteiger partial charge is 0.253 e. The smallest absolute Gasteiger partial charge is 0.176 e. The molecule has 0 bridgehead atoms. The van der Waals surface area contributed by atoms with Crippen molar-refractivity contribution in [1.82, 2.24) is 25.0 Å². The summed E-state index contributed by atoms with van der Waals surface area (Å²) >= 11 is 5.68.